The van der Waals surface area contributed by atoms with Crippen LogP contribution in [0.4, 0.5) is 0 Å². The summed E-state index contributed by atoms with van der Waals surface area (Å²) >= 11 is 0. The molecule has 2 saturated carbocycles. The molecule has 0 unspecified atom stereocenters. The molecule has 0 aromatic rings. The highest BCUT2D eigenvalue weighted by atomic mass is 16.5. The fourth-order valence-electron chi connectivity index (χ4n) is 6.44. The largest absolute Gasteiger partial charge is 0.469 e. The van der Waals surface area contributed by atoms with Crippen molar-refractivity contribution in [1.82, 2.24) is 0 Å². The van der Waals surface area contributed by atoms with Crippen LogP contribution < -0.4 is 0 Å². The van der Waals surface area contributed by atoms with E-state index in [0.29, 0.717) is 11.8 Å². The van der Waals surface area contributed by atoms with E-state index in [2.05, 4.69) is 20.8 Å². The molecular weight excluding hydrogens is 292 g/mol. The second-order valence-corrected chi connectivity index (χ2v) is 8.64. The summed E-state index contributed by atoms with van der Waals surface area (Å²) in [5, 5.41) is 10.2. The van der Waals surface area contributed by atoms with Crippen LogP contribution in [0.3, 0.4) is 0 Å². The standard InChI is InChI=1S/C19H32O4/c1-13-6-7-15-17(2)9-5-10-18(3,16(21)22-4)14(17)8-11-19(15,12-20)23-13/h13-15,20H,5-12H2,1-4H3/t13-,14+,15+,17-,18-,19-/m0/s1. The van der Waals surface area contributed by atoms with Crippen LogP contribution in [0.25, 0.3) is 0 Å². The maximum atomic E-state index is 12.5. The van der Waals surface area contributed by atoms with Crippen molar-refractivity contribution in [2.24, 2.45) is 22.7 Å². The van der Waals surface area contributed by atoms with Crippen molar-refractivity contribution < 1.29 is 19.4 Å². The third kappa shape index (κ3) is 2.36. The summed E-state index contributed by atoms with van der Waals surface area (Å²) in [5.41, 5.74) is -0.758. The molecule has 3 aliphatic rings. The highest BCUT2D eigenvalue weighted by molar-refractivity contribution is 5.77. The minimum absolute atomic E-state index is 0.0440. The molecule has 0 aromatic carbocycles. The maximum absolute atomic E-state index is 12.5. The lowest BCUT2D eigenvalue weighted by atomic mass is 9.44. The first kappa shape index (κ1) is 17.2. The number of hydrogen-bond acceptors (Lipinski definition) is 4. The Balaban J connectivity index is 1.99. The van der Waals surface area contributed by atoms with Gasteiger partial charge in [0.25, 0.3) is 0 Å². The molecule has 0 radical (unpaired) electrons. The van der Waals surface area contributed by atoms with E-state index < -0.39 is 11.0 Å². The molecule has 3 rings (SSSR count). The van der Waals surface area contributed by atoms with Crippen LogP contribution in [-0.4, -0.2) is 36.5 Å². The number of carbonyl (C=O) groups excluding carboxylic acids is 1. The van der Waals surface area contributed by atoms with Gasteiger partial charge in [-0.1, -0.05) is 13.3 Å². The van der Waals surface area contributed by atoms with Crippen LogP contribution in [0.1, 0.15) is 65.7 Å². The molecule has 4 nitrogen and oxygen atoms in total. The number of hydrogen-bond donors (Lipinski definition) is 1. The topological polar surface area (TPSA) is 55.8 Å². The van der Waals surface area contributed by atoms with Gasteiger partial charge in [0.15, 0.2) is 0 Å². The molecule has 0 spiro atoms. The SMILES string of the molecule is COC(=O)[C@@]1(C)CCC[C@@]2(C)[C@H]1CC[C@@]1(CO)O[C@@H](C)CC[C@@H]12. The van der Waals surface area contributed by atoms with Gasteiger partial charge in [-0.2, -0.15) is 0 Å². The molecule has 0 bridgehead atoms. The van der Waals surface area contributed by atoms with Crippen molar-refractivity contribution in [1.29, 1.82) is 0 Å². The number of fused-ring (bicyclic) bond motifs is 3. The number of methoxy groups -OCH3 is 1. The Hall–Kier alpha value is -0.610. The fraction of sp³-hybridized carbons (Fsp3) is 0.947. The van der Waals surface area contributed by atoms with E-state index in [1.54, 1.807) is 0 Å². The Bertz CT molecular complexity index is 478. The van der Waals surface area contributed by atoms with Gasteiger partial charge in [-0.3, -0.25) is 4.79 Å². The number of esters is 1. The van der Waals surface area contributed by atoms with Crippen molar-refractivity contribution in [3.8, 4) is 0 Å². The Morgan fingerprint density at radius 3 is 2.57 bits per heavy atom. The van der Waals surface area contributed by atoms with E-state index >= 15 is 0 Å². The molecule has 2 aliphatic carbocycles. The Morgan fingerprint density at radius 1 is 1.17 bits per heavy atom. The van der Waals surface area contributed by atoms with E-state index in [-0.39, 0.29) is 24.1 Å². The number of ether oxygens (including phenoxy) is 2. The van der Waals surface area contributed by atoms with E-state index in [0.717, 1.165) is 44.9 Å². The van der Waals surface area contributed by atoms with Gasteiger partial charge >= 0.3 is 5.97 Å². The maximum Gasteiger partial charge on any atom is 0.311 e. The first-order chi connectivity index (χ1) is 10.8. The van der Waals surface area contributed by atoms with Crippen LogP contribution in [0.2, 0.25) is 0 Å². The van der Waals surface area contributed by atoms with Gasteiger partial charge < -0.3 is 14.6 Å². The molecule has 0 amide bonds. The molecule has 0 aromatic heterocycles. The van der Waals surface area contributed by atoms with Crippen LogP contribution in [0.15, 0.2) is 0 Å². The molecule has 1 saturated heterocycles. The van der Waals surface area contributed by atoms with E-state index in [9.17, 15) is 9.90 Å². The molecule has 1 heterocycles. The van der Waals surface area contributed by atoms with Crippen molar-refractivity contribution in [3.63, 3.8) is 0 Å². The normalized spacial score (nSPS) is 49.9. The van der Waals surface area contributed by atoms with Gasteiger partial charge in [-0.15, -0.1) is 0 Å². The summed E-state index contributed by atoms with van der Waals surface area (Å²) < 4.78 is 11.5. The monoisotopic (exact) mass is 324 g/mol. The van der Waals surface area contributed by atoms with E-state index in [1.807, 2.05) is 0 Å². The fourth-order valence-corrected chi connectivity index (χ4v) is 6.44. The third-order valence-corrected chi connectivity index (χ3v) is 7.48. The van der Waals surface area contributed by atoms with Crippen molar-refractivity contribution in [2.75, 3.05) is 13.7 Å². The third-order valence-electron chi connectivity index (χ3n) is 7.48. The Morgan fingerprint density at radius 2 is 1.91 bits per heavy atom. The zero-order valence-corrected chi connectivity index (χ0v) is 15.1. The number of aliphatic hydroxyl groups excluding tert-OH is 1. The second-order valence-electron chi connectivity index (χ2n) is 8.64. The first-order valence-corrected chi connectivity index (χ1v) is 9.19. The molecule has 6 atom stereocenters. The summed E-state index contributed by atoms with van der Waals surface area (Å²) in [6, 6.07) is 0. The van der Waals surface area contributed by atoms with Gasteiger partial charge in [-0.25, -0.2) is 0 Å². The average Bonchev–Trinajstić information content (AvgIpc) is 2.53. The number of carbonyl (C=O) groups is 1. The molecule has 23 heavy (non-hydrogen) atoms. The Kier molecular flexibility index (Phi) is 4.29. The smallest absolute Gasteiger partial charge is 0.311 e. The van der Waals surface area contributed by atoms with Crippen molar-refractivity contribution in [3.05, 3.63) is 0 Å². The van der Waals surface area contributed by atoms with Crippen LogP contribution >= 0.6 is 0 Å². The summed E-state index contributed by atoms with van der Waals surface area (Å²) in [4.78, 5) is 12.5. The molecule has 1 N–H and O–H groups in total. The predicted molar refractivity (Wildman–Crippen MR) is 87.9 cm³/mol. The van der Waals surface area contributed by atoms with Gasteiger partial charge in [-0.05, 0) is 69.6 Å². The zero-order chi connectivity index (χ0) is 16.9. The number of aliphatic hydroxyl groups is 1. The van der Waals surface area contributed by atoms with Gasteiger partial charge in [0.1, 0.15) is 0 Å². The summed E-state index contributed by atoms with van der Waals surface area (Å²) in [6.07, 6.45) is 7.22. The van der Waals surface area contributed by atoms with Crippen molar-refractivity contribution in [2.45, 2.75) is 77.4 Å². The average molecular weight is 324 g/mol. The predicted octanol–water partition coefficient (Wildman–Crippen LogP) is 3.31. The summed E-state index contributed by atoms with van der Waals surface area (Å²) in [7, 11) is 1.51. The van der Waals surface area contributed by atoms with Gasteiger partial charge in [0.2, 0.25) is 0 Å². The molecular formula is C19H32O4. The summed E-state index contributed by atoms with van der Waals surface area (Å²) in [5.74, 6) is 0.590. The molecule has 132 valence electrons. The summed E-state index contributed by atoms with van der Waals surface area (Å²) in [6.45, 7) is 6.64. The molecule has 1 aliphatic heterocycles. The lowest BCUT2D eigenvalue weighted by Gasteiger charge is -2.64. The second kappa shape index (κ2) is 5.73. The van der Waals surface area contributed by atoms with Crippen LogP contribution in [-0.2, 0) is 14.3 Å². The Labute approximate surface area is 139 Å². The first-order valence-electron chi connectivity index (χ1n) is 9.19. The van der Waals surface area contributed by atoms with Crippen LogP contribution in [0, 0.1) is 22.7 Å². The molecule has 4 heteroatoms. The lowest BCUT2D eigenvalue weighted by molar-refractivity contribution is -0.254. The van der Waals surface area contributed by atoms with E-state index in [4.69, 9.17) is 9.47 Å². The van der Waals surface area contributed by atoms with Gasteiger partial charge in [0, 0.05) is 0 Å². The van der Waals surface area contributed by atoms with Crippen molar-refractivity contribution >= 4 is 5.97 Å². The van der Waals surface area contributed by atoms with Crippen LogP contribution in [0.5, 0.6) is 0 Å². The highest BCUT2D eigenvalue weighted by Crippen LogP contribution is 2.65. The van der Waals surface area contributed by atoms with E-state index in [1.165, 1.54) is 7.11 Å². The molecule has 3 fully saturated rings. The minimum Gasteiger partial charge on any atom is -0.469 e. The minimum atomic E-state index is -0.405. The zero-order valence-electron chi connectivity index (χ0n) is 15.1. The lowest BCUT2D eigenvalue weighted by Crippen LogP contribution is -2.64. The quantitative estimate of drug-likeness (QED) is 0.792. The number of rotatable bonds is 2. The van der Waals surface area contributed by atoms with Gasteiger partial charge in [0.05, 0.1) is 30.8 Å². The highest BCUT2D eigenvalue weighted by Gasteiger charge is 2.64.